The number of esters is 1. The molecule has 0 unspecified atom stereocenters. The number of carbonyl (C=O) groups excluding carboxylic acids is 2. The number of amides is 1. The van der Waals surface area contributed by atoms with E-state index in [-0.39, 0.29) is 29.6 Å². The van der Waals surface area contributed by atoms with Crippen molar-refractivity contribution in [1.29, 1.82) is 0 Å². The first-order valence-corrected chi connectivity index (χ1v) is 9.31. The Morgan fingerprint density at radius 3 is 2.73 bits per heavy atom. The van der Waals surface area contributed by atoms with Crippen molar-refractivity contribution in [3.8, 4) is 0 Å². The average molecular weight is 374 g/mol. The maximum atomic E-state index is 11.9. The molecule has 0 radical (unpaired) electrons. The number of nitrogens with one attached hydrogen (secondary N) is 1. The number of nitrogens with two attached hydrogens (primary N) is 1. The smallest absolute Gasteiger partial charge is 0.343 e. The number of hydrogen-bond acceptors (Lipinski definition) is 7. The summed E-state index contributed by atoms with van der Waals surface area (Å²) in [7, 11) is 0. The molecule has 1 aromatic heterocycles. The van der Waals surface area contributed by atoms with E-state index in [1.165, 1.54) is 11.8 Å². The number of ether oxygens (including phenoxy) is 1. The molecule has 0 fully saturated rings. The molecule has 8 heteroatoms. The van der Waals surface area contributed by atoms with E-state index in [1.807, 2.05) is 18.2 Å². The van der Waals surface area contributed by atoms with Crippen LogP contribution in [0.2, 0.25) is 0 Å². The molecule has 138 valence electrons. The van der Waals surface area contributed by atoms with Crippen molar-refractivity contribution in [2.75, 3.05) is 24.6 Å². The molecule has 0 saturated heterocycles. The van der Waals surface area contributed by atoms with Gasteiger partial charge in [-0.3, -0.25) is 4.79 Å². The van der Waals surface area contributed by atoms with Crippen LogP contribution in [-0.2, 0) is 16.0 Å². The fourth-order valence-corrected chi connectivity index (χ4v) is 2.81. The van der Waals surface area contributed by atoms with Gasteiger partial charge in [-0.1, -0.05) is 42.1 Å². The fraction of sp³-hybridized carbons (Fsp3) is 0.333. The largest absolute Gasteiger partial charge is 0.462 e. The highest BCUT2D eigenvalue weighted by molar-refractivity contribution is 7.99. The third-order valence-electron chi connectivity index (χ3n) is 3.43. The van der Waals surface area contributed by atoms with Crippen LogP contribution in [0.25, 0.3) is 0 Å². The Balaban J connectivity index is 1.71. The van der Waals surface area contributed by atoms with Crippen LogP contribution in [0, 0.1) is 0 Å². The minimum absolute atomic E-state index is 0.0456. The standard InChI is InChI=1S/C18H22N4O3S/c1-2-25-17(24)14-11-21-18(22-16(14)19)26-12-15(23)20-10-6-9-13-7-4-3-5-8-13/h3-5,7-8,11H,2,6,9-10,12H2,1H3,(H,20,23)(H2,19,21,22). The van der Waals surface area contributed by atoms with Crippen molar-refractivity contribution in [3.05, 3.63) is 47.7 Å². The molecule has 2 aromatic rings. The highest BCUT2D eigenvalue weighted by Gasteiger charge is 2.14. The molecule has 7 nitrogen and oxygen atoms in total. The van der Waals surface area contributed by atoms with E-state index in [4.69, 9.17) is 10.5 Å². The predicted octanol–water partition coefficient (Wildman–Crippen LogP) is 2.08. The van der Waals surface area contributed by atoms with Gasteiger partial charge in [0, 0.05) is 12.7 Å². The molecule has 2 rings (SSSR count). The molecule has 0 saturated carbocycles. The van der Waals surface area contributed by atoms with Gasteiger partial charge in [0.2, 0.25) is 5.91 Å². The van der Waals surface area contributed by atoms with Crippen molar-refractivity contribution >= 4 is 29.5 Å². The topological polar surface area (TPSA) is 107 Å². The van der Waals surface area contributed by atoms with E-state index in [0.717, 1.165) is 24.6 Å². The number of aryl methyl sites for hydroxylation is 1. The lowest BCUT2D eigenvalue weighted by Gasteiger charge is -2.07. The van der Waals surface area contributed by atoms with E-state index in [2.05, 4.69) is 27.4 Å². The molecule has 1 heterocycles. The zero-order chi connectivity index (χ0) is 18.8. The first kappa shape index (κ1) is 19.7. The van der Waals surface area contributed by atoms with Crippen LogP contribution in [-0.4, -0.2) is 40.7 Å². The van der Waals surface area contributed by atoms with Crippen molar-refractivity contribution in [2.45, 2.75) is 24.9 Å². The Morgan fingerprint density at radius 2 is 2.04 bits per heavy atom. The van der Waals surface area contributed by atoms with E-state index in [0.29, 0.717) is 11.7 Å². The maximum Gasteiger partial charge on any atom is 0.343 e. The van der Waals surface area contributed by atoms with Gasteiger partial charge < -0.3 is 15.8 Å². The summed E-state index contributed by atoms with van der Waals surface area (Å²) >= 11 is 1.16. The molecule has 26 heavy (non-hydrogen) atoms. The van der Waals surface area contributed by atoms with Crippen molar-refractivity contribution in [1.82, 2.24) is 15.3 Å². The highest BCUT2D eigenvalue weighted by Crippen LogP contribution is 2.16. The van der Waals surface area contributed by atoms with Crippen molar-refractivity contribution in [3.63, 3.8) is 0 Å². The summed E-state index contributed by atoms with van der Waals surface area (Å²) in [5.41, 5.74) is 7.12. The number of thioether (sulfide) groups is 1. The normalized spacial score (nSPS) is 10.3. The third-order valence-corrected chi connectivity index (χ3v) is 4.29. The van der Waals surface area contributed by atoms with Gasteiger partial charge in [-0.15, -0.1) is 0 Å². The summed E-state index contributed by atoms with van der Waals surface area (Å²) < 4.78 is 4.86. The molecule has 0 bridgehead atoms. The quantitative estimate of drug-likeness (QED) is 0.299. The van der Waals surface area contributed by atoms with E-state index < -0.39 is 5.97 Å². The Bertz CT molecular complexity index is 740. The number of anilines is 1. The summed E-state index contributed by atoms with van der Waals surface area (Å²) in [6, 6.07) is 10.1. The average Bonchev–Trinajstić information content (AvgIpc) is 2.64. The summed E-state index contributed by atoms with van der Waals surface area (Å²) in [5.74, 6) is -0.426. The fourth-order valence-electron chi connectivity index (χ4n) is 2.16. The van der Waals surface area contributed by atoms with Crippen LogP contribution >= 0.6 is 11.8 Å². The van der Waals surface area contributed by atoms with Crippen LogP contribution in [0.15, 0.2) is 41.7 Å². The molecule has 0 aliphatic heterocycles. The van der Waals surface area contributed by atoms with Gasteiger partial charge >= 0.3 is 5.97 Å². The second-order valence-corrected chi connectivity index (χ2v) is 6.34. The van der Waals surface area contributed by atoms with Crippen LogP contribution in [0.1, 0.15) is 29.3 Å². The molecule has 0 atom stereocenters. The zero-order valence-corrected chi connectivity index (χ0v) is 15.4. The summed E-state index contributed by atoms with van der Waals surface area (Å²) in [5, 5.41) is 3.21. The summed E-state index contributed by atoms with van der Waals surface area (Å²) in [6.45, 7) is 2.57. The van der Waals surface area contributed by atoms with E-state index in [9.17, 15) is 9.59 Å². The monoisotopic (exact) mass is 374 g/mol. The molecular weight excluding hydrogens is 352 g/mol. The number of aromatic nitrogens is 2. The van der Waals surface area contributed by atoms with Crippen LogP contribution in [0.5, 0.6) is 0 Å². The first-order valence-electron chi connectivity index (χ1n) is 8.33. The third kappa shape index (κ3) is 6.36. The lowest BCUT2D eigenvalue weighted by molar-refractivity contribution is -0.118. The van der Waals surface area contributed by atoms with Gasteiger partial charge in [-0.2, -0.15) is 0 Å². The maximum absolute atomic E-state index is 11.9. The zero-order valence-electron chi connectivity index (χ0n) is 14.6. The molecule has 0 aliphatic rings. The first-order chi connectivity index (χ1) is 12.6. The molecular formula is C18H22N4O3S. The van der Waals surface area contributed by atoms with Gasteiger partial charge in [0.25, 0.3) is 0 Å². The van der Waals surface area contributed by atoms with Crippen molar-refractivity contribution in [2.24, 2.45) is 0 Å². The minimum atomic E-state index is -0.558. The minimum Gasteiger partial charge on any atom is -0.462 e. The van der Waals surface area contributed by atoms with Gasteiger partial charge in [0.15, 0.2) is 5.16 Å². The van der Waals surface area contributed by atoms with Crippen LogP contribution < -0.4 is 11.1 Å². The molecule has 0 aliphatic carbocycles. The summed E-state index contributed by atoms with van der Waals surface area (Å²) in [4.78, 5) is 31.6. The number of nitrogen functional groups attached to an aromatic ring is 1. The second-order valence-electron chi connectivity index (χ2n) is 5.40. The Morgan fingerprint density at radius 1 is 1.27 bits per heavy atom. The Labute approximate surface area is 156 Å². The molecule has 1 amide bonds. The predicted molar refractivity (Wildman–Crippen MR) is 101 cm³/mol. The molecule has 1 aromatic carbocycles. The Kier molecular flexibility index (Phi) is 7.88. The number of benzene rings is 1. The van der Waals surface area contributed by atoms with Gasteiger partial charge in [-0.25, -0.2) is 14.8 Å². The summed E-state index contributed by atoms with van der Waals surface area (Å²) in [6.07, 6.45) is 3.11. The number of carbonyl (C=O) groups is 2. The lowest BCUT2D eigenvalue weighted by Crippen LogP contribution is -2.26. The van der Waals surface area contributed by atoms with E-state index in [1.54, 1.807) is 6.92 Å². The van der Waals surface area contributed by atoms with Crippen LogP contribution in [0.3, 0.4) is 0 Å². The van der Waals surface area contributed by atoms with Crippen LogP contribution in [0.4, 0.5) is 5.82 Å². The van der Waals surface area contributed by atoms with E-state index >= 15 is 0 Å². The Hall–Kier alpha value is -2.61. The van der Waals surface area contributed by atoms with Gasteiger partial charge in [-0.05, 0) is 25.3 Å². The number of hydrogen-bond donors (Lipinski definition) is 2. The second kappa shape index (κ2) is 10.4. The number of nitrogens with zero attached hydrogens (tertiary/aromatic N) is 2. The number of rotatable bonds is 9. The molecule has 0 spiro atoms. The van der Waals surface area contributed by atoms with Gasteiger partial charge in [0.05, 0.1) is 12.4 Å². The SMILES string of the molecule is CCOC(=O)c1cnc(SCC(=O)NCCCc2ccccc2)nc1N. The highest BCUT2D eigenvalue weighted by atomic mass is 32.2. The van der Waals surface area contributed by atoms with Gasteiger partial charge in [0.1, 0.15) is 11.4 Å². The molecule has 3 N–H and O–H groups in total. The van der Waals surface area contributed by atoms with Crippen molar-refractivity contribution < 1.29 is 14.3 Å². The lowest BCUT2D eigenvalue weighted by atomic mass is 10.1.